The van der Waals surface area contributed by atoms with Crippen LogP contribution < -0.4 is 10.6 Å². The minimum Gasteiger partial charge on any atom is -0.460 e. The Morgan fingerprint density at radius 1 is 1.39 bits per heavy atom. The van der Waals surface area contributed by atoms with Crippen molar-refractivity contribution in [2.75, 3.05) is 13.2 Å². The molecule has 0 spiro atoms. The average Bonchev–Trinajstić information content (AvgIpc) is 2.69. The lowest BCUT2D eigenvalue weighted by molar-refractivity contribution is -0.143. The fourth-order valence-corrected chi connectivity index (χ4v) is 1.24. The smallest absolute Gasteiger partial charge is 0.331 e. The molecule has 0 aromatic carbocycles. The Morgan fingerprint density at radius 3 is 2.61 bits per heavy atom. The Bertz CT molecular complexity index is 364. The molecule has 7 heteroatoms. The lowest BCUT2D eigenvalue weighted by Gasteiger charge is -2.07. The van der Waals surface area contributed by atoms with E-state index in [0.29, 0.717) is 6.54 Å². The molecule has 0 aliphatic carbocycles. The summed E-state index contributed by atoms with van der Waals surface area (Å²) in [7, 11) is 0. The van der Waals surface area contributed by atoms with E-state index in [4.69, 9.17) is 9.47 Å². The Balaban J connectivity index is 2.22. The number of hydrogen-bond donors (Lipinski definition) is 2. The van der Waals surface area contributed by atoms with Crippen LogP contribution in [0.2, 0.25) is 0 Å². The second-order valence-electron chi connectivity index (χ2n) is 4.00. The first-order valence-electron chi connectivity index (χ1n) is 5.57. The average molecular weight is 256 g/mol. The van der Waals surface area contributed by atoms with Crippen molar-refractivity contribution in [2.45, 2.75) is 26.0 Å². The van der Waals surface area contributed by atoms with Crippen LogP contribution in [0.1, 0.15) is 13.8 Å². The first kappa shape index (κ1) is 14.0. The molecule has 2 N–H and O–H groups in total. The lowest BCUT2D eigenvalue weighted by atomic mass is 10.3. The molecular weight excluding hydrogens is 240 g/mol. The van der Waals surface area contributed by atoms with Gasteiger partial charge in [0.15, 0.2) is 0 Å². The van der Waals surface area contributed by atoms with Crippen molar-refractivity contribution in [1.29, 1.82) is 0 Å². The molecular formula is C11H16N2O5. The number of ether oxygens (including phenoxy) is 2. The van der Waals surface area contributed by atoms with Gasteiger partial charge in [0.2, 0.25) is 0 Å². The summed E-state index contributed by atoms with van der Waals surface area (Å²) in [5.74, 6) is -1.25. The largest absolute Gasteiger partial charge is 0.460 e. The van der Waals surface area contributed by atoms with Crippen molar-refractivity contribution < 1.29 is 23.9 Å². The molecule has 0 aromatic heterocycles. The van der Waals surface area contributed by atoms with Crippen LogP contribution >= 0.6 is 0 Å². The molecule has 18 heavy (non-hydrogen) atoms. The van der Waals surface area contributed by atoms with Gasteiger partial charge in [-0.2, -0.15) is 0 Å². The third-order valence-corrected chi connectivity index (χ3v) is 1.98. The number of nitrogens with one attached hydrogen (secondary N) is 2. The highest BCUT2D eigenvalue weighted by molar-refractivity contribution is 5.91. The summed E-state index contributed by atoms with van der Waals surface area (Å²) in [6.45, 7) is 3.88. The van der Waals surface area contributed by atoms with Gasteiger partial charge in [-0.25, -0.2) is 14.4 Å². The van der Waals surface area contributed by atoms with Gasteiger partial charge in [0.1, 0.15) is 6.61 Å². The van der Waals surface area contributed by atoms with Crippen molar-refractivity contribution in [2.24, 2.45) is 0 Å². The number of esters is 2. The van der Waals surface area contributed by atoms with Crippen LogP contribution in [0, 0.1) is 0 Å². The van der Waals surface area contributed by atoms with Gasteiger partial charge >= 0.3 is 18.0 Å². The number of urea groups is 1. The van der Waals surface area contributed by atoms with Gasteiger partial charge in [0.05, 0.1) is 12.1 Å². The van der Waals surface area contributed by atoms with Crippen LogP contribution in [0.4, 0.5) is 4.79 Å². The third kappa shape index (κ3) is 5.33. The highest BCUT2D eigenvalue weighted by atomic mass is 16.5. The van der Waals surface area contributed by atoms with Crippen LogP contribution in [-0.4, -0.2) is 43.3 Å². The SMILES string of the molecule is CC(C)OC(=O)/C=C/C(=O)OCC1CNC(=O)N1. The summed E-state index contributed by atoms with van der Waals surface area (Å²) in [5, 5.41) is 5.09. The Morgan fingerprint density at radius 2 is 2.06 bits per heavy atom. The molecule has 1 saturated heterocycles. The standard InChI is InChI=1S/C11H16N2O5/c1-7(2)18-10(15)4-3-9(14)17-6-8-5-12-11(16)13-8/h3-4,7-8H,5-6H2,1-2H3,(H2,12,13,16)/b4-3+. The predicted molar refractivity (Wildman–Crippen MR) is 61.6 cm³/mol. The molecule has 1 unspecified atom stereocenters. The van der Waals surface area contributed by atoms with E-state index in [1.807, 2.05) is 0 Å². The third-order valence-electron chi connectivity index (χ3n) is 1.98. The van der Waals surface area contributed by atoms with Crippen molar-refractivity contribution >= 4 is 18.0 Å². The maximum Gasteiger partial charge on any atom is 0.331 e. The van der Waals surface area contributed by atoms with E-state index in [0.717, 1.165) is 12.2 Å². The molecule has 1 heterocycles. The molecule has 0 radical (unpaired) electrons. The number of carbonyl (C=O) groups excluding carboxylic acids is 3. The van der Waals surface area contributed by atoms with Gasteiger partial charge in [-0.1, -0.05) is 0 Å². The van der Waals surface area contributed by atoms with E-state index in [-0.39, 0.29) is 24.8 Å². The van der Waals surface area contributed by atoms with E-state index < -0.39 is 11.9 Å². The molecule has 1 aliphatic rings. The zero-order valence-electron chi connectivity index (χ0n) is 10.3. The molecule has 2 amide bonds. The van der Waals surface area contributed by atoms with E-state index in [1.165, 1.54) is 0 Å². The van der Waals surface area contributed by atoms with Crippen LogP contribution in [0.5, 0.6) is 0 Å². The molecule has 1 rings (SSSR count). The molecule has 1 atom stereocenters. The minimum atomic E-state index is -0.656. The van der Waals surface area contributed by atoms with Gasteiger partial charge in [-0.3, -0.25) is 0 Å². The minimum absolute atomic E-state index is 0.0567. The normalized spacial score (nSPS) is 18.6. The summed E-state index contributed by atoms with van der Waals surface area (Å²) < 4.78 is 9.63. The van der Waals surface area contributed by atoms with E-state index in [1.54, 1.807) is 13.8 Å². The molecule has 0 saturated carbocycles. The fourth-order valence-electron chi connectivity index (χ4n) is 1.24. The Labute approximate surface area is 105 Å². The highest BCUT2D eigenvalue weighted by Gasteiger charge is 2.20. The van der Waals surface area contributed by atoms with Gasteiger partial charge in [-0.15, -0.1) is 0 Å². The number of hydrogen-bond acceptors (Lipinski definition) is 5. The topological polar surface area (TPSA) is 93.7 Å². The summed E-state index contributed by atoms with van der Waals surface area (Å²) >= 11 is 0. The predicted octanol–water partition coefficient (Wildman–Crippen LogP) is -0.281. The van der Waals surface area contributed by atoms with Crippen molar-refractivity contribution in [3.63, 3.8) is 0 Å². The lowest BCUT2D eigenvalue weighted by Crippen LogP contribution is -2.31. The number of amides is 2. The second kappa shape index (κ2) is 6.63. The second-order valence-corrected chi connectivity index (χ2v) is 4.00. The van der Waals surface area contributed by atoms with Gasteiger partial charge in [0, 0.05) is 18.7 Å². The first-order valence-corrected chi connectivity index (χ1v) is 5.57. The van der Waals surface area contributed by atoms with E-state index >= 15 is 0 Å². The molecule has 7 nitrogen and oxygen atoms in total. The Kier molecular flexibility index (Phi) is 5.16. The van der Waals surface area contributed by atoms with Crippen molar-refractivity contribution in [3.05, 3.63) is 12.2 Å². The summed E-state index contributed by atoms with van der Waals surface area (Å²) in [6.07, 6.45) is 1.76. The summed E-state index contributed by atoms with van der Waals surface area (Å²) in [6, 6.07) is -0.524. The molecule has 100 valence electrons. The zero-order valence-corrected chi connectivity index (χ0v) is 10.3. The highest BCUT2D eigenvalue weighted by Crippen LogP contribution is 1.94. The maximum atomic E-state index is 11.2. The molecule has 1 fully saturated rings. The zero-order chi connectivity index (χ0) is 13.5. The quantitative estimate of drug-likeness (QED) is 0.521. The molecule has 1 aliphatic heterocycles. The van der Waals surface area contributed by atoms with Crippen molar-refractivity contribution in [3.8, 4) is 0 Å². The van der Waals surface area contributed by atoms with Gasteiger partial charge in [0.25, 0.3) is 0 Å². The number of rotatable bonds is 5. The fraction of sp³-hybridized carbons (Fsp3) is 0.545. The number of carbonyl (C=O) groups is 3. The van der Waals surface area contributed by atoms with Gasteiger partial charge < -0.3 is 20.1 Å². The van der Waals surface area contributed by atoms with E-state index in [2.05, 4.69) is 10.6 Å². The monoisotopic (exact) mass is 256 g/mol. The Hall–Kier alpha value is -2.05. The summed E-state index contributed by atoms with van der Waals surface area (Å²) in [4.78, 5) is 33.1. The van der Waals surface area contributed by atoms with E-state index in [9.17, 15) is 14.4 Å². The van der Waals surface area contributed by atoms with Crippen LogP contribution in [0.25, 0.3) is 0 Å². The summed E-state index contributed by atoms with van der Waals surface area (Å²) in [5.41, 5.74) is 0. The first-order chi connectivity index (χ1) is 8.47. The molecule has 0 aromatic rings. The van der Waals surface area contributed by atoms with Crippen LogP contribution in [-0.2, 0) is 19.1 Å². The van der Waals surface area contributed by atoms with Crippen molar-refractivity contribution in [1.82, 2.24) is 10.6 Å². The van der Waals surface area contributed by atoms with Crippen LogP contribution in [0.3, 0.4) is 0 Å². The van der Waals surface area contributed by atoms with Crippen LogP contribution in [0.15, 0.2) is 12.2 Å². The van der Waals surface area contributed by atoms with Gasteiger partial charge in [-0.05, 0) is 13.8 Å². The maximum absolute atomic E-state index is 11.2. The molecule has 0 bridgehead atoms.